The Morgan fingerprint density at radius 2 is 2.14 bits per heavy atom. The lowest BCUT2D eigenvalue weighted by Crippen LogP contribution is -2.51. The van der Waals surface area contributed by atoms with Gasteiger partial charge < -0.3 is 25.7 Å². The van der Waals surface area contributed by atoms with Gasteiger partial charge in [0.25, 0.3) is 5.91 Å². The Bertz CT molecular complexity index is 1270. The number of H-pyrrole nitrogens is 1. The largest absolute Gasteiger partial charge is 0.496 e. The molecule has 0 saturated carbocycles. The number of aromatic amines is 1. The van der Waals surface area contributed by atoms with E-state index in [0.717, 1.165) is 16.5 Å². The number of hydrogen-bond acceptors (Lipinski definition) is 6. The van der Waals surface area contributed by atoms with Crippen molar-refractivity contribution < 1.29 is 19.1 Å². The van der Waals surface area contributed by atoms with Crippen LogP contribution in [0.1, 0.15) is 28.9 Å². The zero-order valence-electron chi connectivity index (χ0n) is 19.2. The van der Waals surface area contributed by atoms with E-state index in [9.17, 15) is 19.6 Å². The summed E-state index contributed by atoms with van der Waals surface area (Å²) < 4.78 is 5.36. The summed E-state index contributed by atoms with van der Waals surface area (Å²) in [5, 5.41) is 18.5. The number of nitriles is 1. The van der Waals surface area contributed by atoms with Crippen LogP contribution >= 0.6 is 0 Å². The average Bonchev–Trinajstić information content (AvgIpc) is 3.49. The van der Waals surface area contributed by atoms with Crippen LogP contribution in [0.25, 0.3) is 10.9 Å². The molecule has 0 bridgehead atoms. The molecule has 3 amide bonds. The van der Waals surface area contributed by atoms with Crippen LogP contribution in [-0.2, 0) is 16.0 Å². The number of rotatable bonds is 9. The Morgan fingerprint density at radius 1 is 1.29 bits per heavy atom. The molecule has 0 spiro atoms. The number of amides is 3. The number of fused-ring (bicyclic) bond motifs is 1. The molecule has 1 aliphatic rings. The van der Waals surface area contributed by atoms with E-state index in [2.05, 4.69) is 32.0 Å². The highest BCUT2D eigenvalue weighted by Crippen LogP contribution is 2.26. The smallest absolute Gasteiger partial charge is 0.268 e. The third-order valence-electron chi connectivity index (χ3n) is 6.03. The molecule has 1 aromatic carbocycles. The van der Waals surface area contributed by atoms with E-state index in [-0.39, 0.29) is 30.4 Å². The van der Waals surface area contributed by atoms with E-state index in [1.807, 2.05) is 12.1 Å². The lowest BCUT2D eigenvalue weighted by molar-refractivity contribution is -0.125. The summed E-state index contributed by atoms with van der Waals surface area (Å²) in [6.45, 7) is 0.560. The minimum atomic E-state index is -0.965. The van der Waals surface area contributed by atoms with E-state index in [1.54, 1.807) is 43.8 Å². The van der Waals surface area contributed by atoms with Gasteiger partial charge in [0.05, 0.1) is 13.2 Å². The predicted octanol–water partition coefficient (Wildman–Crippen LogP) is 1.45. The van der Waals surface area contributed by atoms with E-state index in [4.69, 9.17) is 4.74 Å². The second-order valence-electron chi connectivity index (χ2n) is 8.40. The molecule has 2 aromatic heterocycles. The molecule has 1 saturated heterocycles. The lowest BCUT2D eigenvalue weighted by atomic mass is 9.98. The average molecular weight is 475 g/mol. The van der Waals surface area contributed by atoms with Crippen molar-refractivity contribution in [3.05, 3.63) is 60.0 Å². The molecule has 3 atom stereocenters. The number of nitrogens with zero attached hydrogens (tertiary/aromatic N) is 2. The maximum absolute atomic E-state index is 13.2. The van der Waals surface area contributed by atoms with Gasteiger partial charge >= 0.3 is 0 Å². The molecule has 1 aliphatic heterocycles. The fourth-order valence-electron chi connectivity index (χ4n) is 4.20. The molecule has 3 unspecified atom stereocenters. The summed E-state index contributed by atoms with van der Waals surface area (Å²) in [6.07, 6.45) is 4.24. The molecular weight excluding hydrogens is 448 g/mol. The Hall–Kier alpha value is -4.39. The van der Waals surface area contributed by atoms with Crippen molar-refractivity contribution in [3.63, 3.8) is 0 Å². The maximum atomic E-state index is 13.2. The quantitative estimate of drug-likeness (QED) is 0.369. The second kappa shape index (κ2) is 10.7. The molecule has 10 nitrogen and oxygen atoms in total. The normalized spacial score (nSPS) is 16.7. The molecule has 0 aliphatic carbocycles. The minimum Gasteiger partial charge on any atom is -0.496 e. The van der Waals surface area contributed by atoms with Crippen LogP contribution in [0, 0.1) is 17.2 Å². The molecule has 3 heterocycles. The molecule has 35 heavy (non-hydrogen) atoms. The van der Waals surface area contributed by atoms with Gasteiger partial charge in [-0.1, -0.05) is 12.1 Å². The summed E-state index contributed by atoms with van der Waals surface area (Å²) in [5.41, 5.74) is 1.74. The summed E-state index contributed by atoms with van der Waals surface area (Å²) >= 11 is 0. The number of carbonyl (C=O) groups is 3. The van der Waals surface area contributed by atoms with Crippen LogP contribution in [0.15, 0.2) is 48.8 Å². The first-order valence-electron chi connectivity index (χ1n) is 11.3. The van der Waals surface area contributed by atoms with Gasteiger partial charge in [-0.2, -0.15) is 5.26 Å². The van der Waals surface area contributed by atoms with Gasteiger partial charge in [-0.15, -0.1) is 0 Å². The third kappa shape index (κ3) is 5.58. The Labute approximate surface area is 202 Å². The molecule has 10 heteroatoms. The van der Waals surface area contributed by atoms with Crippen molar-refractivity contribution in [2.24, 2.45) is 5.92 Å². The SMILES string of the molecule is COc1cccc2[nH]c(C(=O)NC(Cc3cccnc3)C(=O)NC(C#N)CC3CCNC3=O)cc12. The summed E-state index contributed by atoms with van der Waals surface area (Å²) in [6, 6.07) is 10.9. The standard InChI is InChI=1S/C25H26N6O4/c1-35-22-6-2-5-19-18(22)12-21(30-19)25(34)31-20(10-15-4-3-8-27-14-15)24(33)29-17(13-26)11-16-7-9-28-23(16)32/h2-6,8,12,14,16-17,20,30H,7,9-11H2,1H3,(H,28,32)(H,29,33)(H,31,34). The maximum Gasteiger partial charge on any atom is 0.268 e. The number of benzene rings is 1. The Morgan fingerprint density at radius 3 is 2.83 bits per heavy atom. The number of methoxy groups -OCH3 is 1. The molecule has 3 aromatic rings. The van der Waals surface area contributed by atoms with Crippen LogP contribution in [-0.4, -0.2) is 53.4 Å². The third-order valence-corrected chi connectivity index (χ3v) is 6.03. The number of ether oxygens (including phenoxy) is 1. The van der Waals surface area contributed by atoms with Crippen molar-refractivity contribution in [1.82, 2.24) is 25.9 Å². The van der Waals surface area contributed by atoms with Gasteiger partial charge in [0.15, 0.2) is 0 Å². The van der Waals surface area contributed by atoms with Crippen molar-refractivity contribution in [2.45, 2.75) is 31.3 Å². The first-order valence-corrected chi connectivity index (χ1v) is 11.3. The lowest BCUT2D eigenvalue weighted by Gasteiger charge is -2.21. The Kier molecular flexibility index (Phi) is 7.26. The molecule has 1 fully saturated rings. The zero-order valence-corrected chi connectivity index (χ0v) is 19.2. The van der Waals surface area contributed by atoms with Gasteiger partial charge in [-0.05, 0) is 42.7 Å². The number of aromatic nitrogens is 2. The minimum absolute atomic E-state index is 0.117. The van der Waals surface area contributed by atoms with Crippen LogP contribution in [0.5, 0.6) is 5.75 Å². The molecule has 180 valence electrons. The van der Waals surface area contributed by atoms with E-state index >= 15 is 0 Å². The van der Waals surface area contributed by atoms with Gasteiger partial charge in [-0.25, -0.2) is 0 Å². The van der Waals surface area contributed by atoms with Crippen molar-refractivity contribution in [2.75, 3.05) is 13.7 Å². The van der Waals surface area contributed by atoms with Gasteiger partial charge in [-0.3, -0.25) is 19.4 Å². The number of carbonyl (C=O) groups excluding carboxylic acids is 3. The van der Waals surface area contributed by atoms with E-state index in [1.165, 1.54) is 0 Å². The van der Waals surface area contributed by atoms with Crippen molar-refractivity contribution in [3.8, 4) is 11.8 Å². The first-order chi connectivity index (χ1) is 17.0. The fraction of sp³-hybridized carbons (Fsp3) is 0.320. The van der Waals surface area contributed by atoms with Crippen LogP contribution < -0.4 is 20.7 Å². The van der Waals surface area contributed by atoms with Crippen molar-refractivity contribution in [1.29, 1.82) is 5.26 Å². The van der Waals surface area contributed by atoms with Gasteiger partial charge in [0.2, 0.25) is 11.8 Å². The number of pyridine rings is 1. The first kappa shape index (κ1) is 23.8. The van der Waals surface area contributed by atoms with Crippen LogP contribution in [0.2, 0.25) is 0 Å². The fourth-order valence-corrected chi connectivity index (χ4v) is 4.20. The molecule has 0 radical (unpaired) electrons. The Balaban J connectivity index is 1.52. The topological polar surface area (TPSA) is 149 Å². The highest BCUT2D eigenvalue weighted by Gasteiger charge is 2.30. The molecule has 4 N–H and O–H groups in total. The zero-order chi connectivity index (χ0) is 24.8. The number of nitrogens with one attached hydrogen (secondary N) is 4. The predicted molar refractivity (Wildman–Crippen MR) is 127 cm³/mol. The monoisotopic (exact) mass is 474 g/mol. The van der Waals surface area contributed by atoms with Gasteiger partial charge in [0.1, 0.15) is 23.5 Å². The molecular formula is C25H26N6O4. The van der Waals surface area contributed by atoms with E-state index in [0.29, 0.717) is 18.7 Å². The highest BCUT2D eigenvalue weighted by molar-refractivity contribution is 6.01. The molecule has 4 rings (SSSR count). The van der Waals surface area contributed by atoms with Crippen molar-refractivity contribution >= 4 is 28.6 Å². The van der Waals surface area contributed by atoms with Crippen LogP contribution in [0.4, 0.5) is 0 Å². The highest BCUT2D eigenvalue weighted by atomic mass is 16.5. The van der Waals surface area contributed by atoms with Crippen LogP contribution in [0.3, 0.4) is 0 Å². The number of hydrogen-bond donors (Lipinski definition) is 4. The van der Waals surface area contributed by atoms with Gasteiger partial charge in [0, 0.05) is 42.2 Å². The summed E-state index contributed by atoms with van der Waals surface area (Å²) in [5.74, 6) is -0.811. The summed E-state index contributed by atoms with van der Waals surface area (Å²) in [7, 11) is 1.55. The van der Waals surface area contributed by atoms with E-state index < -0.39 is 23.9 Å². The summed E-state index contributed by atoms with van der Waals surface area (Å²) in [4.78, 5) is 45.3. The second-order valence-corrected chi connectivity index (χ2v) is 8.40.